The Kier molecular flexibility index (Phi) is 2.57. The third-order valence-electron chi connectivity index (χ3n) is 2.00. The fourth-order valence-corrected chi connectivity index (χ4v) is 1.44. The quantitative estimate of drug-likeness (QED) is 0.818. The van der Waals surface area contributed by atoms with Crippen molar-refractivity contribution >= 4 is 15.9 Å². The minimum absolute atomic E-state index is 0.322. The van der Waals surface area contributed by atoms with E-state index in [1.807, 2.05) is 0 Å². The molecule has 0 aliphatic heterocycles. The summed E-state index contributed by atoms with van der Waals surface area (Å²) in [7, 11) is 0. The molecule has 1 aliphatic carbocycles. The van der Waals surface area contributed by atoms with Gasteiger partial charge in [-0.05, 0) is 28.8 Å². The molecule has 2 rings (SSSR count). The van der Waals surface area contributed by atoms with Crippen LogP contribution in [0.4, 0.5) is 0 Å². The van der Waals surface area contributed by atoms with E-state index in [9.17, 15) is 0 Å². The van der Waals surface area contributed by atoms with Crippen molar-refractivity contribution in [1.29, 1.82) is 0 Å². The van der Waals surface area contributed by atoms with E-state index in [2.05, 4.69) is 30.7 Å². The SMILES string of the molecule is NOCc1nc(C2CC2)ncc1Br. The van der Waals surface area contributed by atoms with E-state index >= 15 is 0 Å². The van der Waals surface area contributed by atoms with Crippen LogP contribution in [0.15, 0.2) is 10.7 Å². The van der Waals surface area contributed by atoms with Crippen LogP contribution in [0.25, 0.3) is 0 Å². The fourth-order valence-electron chi connectivity index (χ4n) is 1.14. The number of aromatic nitrogens is 2. The molecule has 5 heteroatoms. The summed E-state index contributed by atoms with van der Waals surface area (Å²) in [6, 6.07) is 0. The lowest BCUT2D eigenvalue weighted by atomic mass is 10.3. The molecule has 0 atom stereocenters. The van der Waals surface area contributed by atoms with Crippen molar-refractivity contribution in [3.05, 3.63) is 22.2 Å². The average molecular weight is 244 g/mol. The van der Waals surface area contributed by atoms with Gasteiger partial charge in [-0.25, -0.2) is 15.9 Å². The second kappa shape index (κ2) is 3.69. The van der Waals surface area contributed by atoms with Crippen LogP contribution >= 0.6 is 15.9 Å². The van der Waals surface area contributed by atoms with Gasteiger partial charge in [-0.15, -0.1) is 0 Å². The van der Waals surface area contributed by atoms with Crippen molar-refractivity contribution in [2.75, 3.05) is 0 Å². The highest BCUT2D eigenvalue weighted by atomic mass is 79.9. The van der Waals surface area contributed by atoms with Crippen LogP contribution in [-0.2, 0) is 11.4 Å². The first-order chi connectivity index (χ1) is 6.31. The van der Waals surface area contributed by atoms with E-state index in [1.54, 1.807) is 6.20 Å². The van der Waals surface area contributed by atoms with Gasteiger partial charge in [0.1, 0.15) is 12.4 Å². The Morgan fingerprint density at radius 3 is 3.00 bits per heavy atom. The normalized spacial score (nSPS) is 16.2. The maximum atomic E-state index is 4.99. The highest BCUT2D eigenvalue weighted by Gasteiger charge is 2.26. The standard InChI is InChI=1S/C8H10BrN3O/c9-6-3-11-8(5-1-2-5)12-7(6)4-13-10/h3,5H,1-2,4,10H2. The van der Waals surface area contributed by atoms with Gasteiger partial charge in [-0.2, -0.15) is 0 Å². The Bertz CT molecular complexity index is 314. The molecule has 1 aliphatic rings. The van der Waals surface area contributed by atoms with Gasteiger partial charge in [0.05, 0.1) is 10.2 Å². The van der Waals surface area contributed by atoms with E-state index in [0.717, 1.165) is 16.0 Å². The van der Waals surface area contributed by atoms with Crippen LogP contribution in [0.1, 0.15) is 30.3 Å². The lowest BCUT2D eigenvalue weighted by molar-refractivity contribution is 0.120. The molecule has 1 aromatic rings. The smallest absolute Gasteiger partial charge is 0.131 e. The molecule has 1 aromatic heterocycles. The molecule has 1 saturated carbocycles. The largest absolute Gasteiger partial charge is 0.298 e. The van der Waals surface area contributed by atoms with Crippen molar-refractivity contribution in [2.45, 2.75) is 25.4 Å². The van der Waals surface area contributed by atoms with Gasteiger partial charge in [-0.3, -0.25) is 4.84 Å². The summed E-state index contributed by atoms with van der Waals surface area (Å²) in [5.41, 5.74) is 0.819. The van der Waals surface area contributed by atoms with Gasteiger partial charge >= 0.3 is 0 Å². The molecule has 13 heavy (non-hydrogen) atoms. The van der Waals surface area contributed by atoms with Crippen molar-refractivity contribution < 1.29 is 4.84 Å². The van der Waals surface area contributed by atoms with E-state index in [-0.39, 0.29) is 0 Å². The molecule has 0 bridgehead atoms. The third-order valence-corrected chi connectivity index (χ3v) is 2.66. The highest BCUT2D eigenvalue weighted by Crippen LogP contribution is 2.38. The molecule has 1 heterocycles. The van der Waals surface area contributed by atoms with Gasteiger partial charge in [0.25, 0.3) is 0 Å². The van der Waals surface area contributed by atoms with Crippen LogP contribution in [-0.4, -0.2) is 9.97 Å². The van der Waals surface area contributed by atoms with E-state index < -0.39 is 0 Å². The lowest BCUT2D eigenvalue weighted by Crippen LogP contribution is -2.04. The Hall–Kier alpha value is -0.520. The molecule has 0 radical (unpaired) electrons. The predicted octanol–water partition coefficient (Wildman–Crippen LogP) is 1.51. The van der Waals surface area contributed by atoms with Gasteiger partial charge in [-0.1, -0.05) is 0 Å². The molecule has 0 unspecified atom stereocenters. The zero-order valence-electron chi connectivity index (χ0n) is 7.03. The minimum atomic E-state index is 0.322. The molecule has 0 saturated heterocycles. The average Bonchev–Trinajstić information content (AvgIpc) is 2.92. The topological polar surface area (TPSA) is 61.0 Å². The molecular weight excluding hydrogens is 234 g/mol. The monoisotopic (exact) mass is 243 g/mol. The number of hydrogen-bond acceptors (Lipinski definition) is 4. The molecule has 4 nitrogen and oxygen atoms in total. The summed E-state index contributed by atoms with van der Waals surface area (Å²) in [5, 5.41) is 0. The molecule has 0 amide bonds. The summed E-state index contributed by atoms with van der Waals surface area (Å²) in [6.45, 7) is 0.322. The zero-order chi connectivity index (χ0) is 9.26. The molecule has 2 N–H and O–H groups in total. The Morgan fingerprint density at radius 1 is 1.62 bits per heavy atom. The summed E-state index contributed by atoms with van der Waals surface area (Å²) in [6.07, 6.45) is 4.16. The summed E-state index contributed by atoms with van der Waals surface area (Å²) in [5.74, 6) is 6.46. The number of hydrogen-bond donors (Lipinski definition) is 1. The maximum Gasteiger partial charge on any atom is 0.131 e. The van der Waals surface area contributed by atoms with Gasteiger partial charge < -0.3 is 0 Å². The molecule has 0 aromatic carbocycles. The van der Waals surface area contributed by atoms with Crippen molar-refractivity contribution in [3.63, 3.8) is 0 Å². The number of nitrogens with two attached hydrogens (primary N) is 1. The van der Waals surface area contributed by atoms with Gasteiger partial charge in [0.2, 0.25) is 0 Å². The van der Waals surface area contributed by atoms with E-state index in [1.165, 1.54) is 12.8 Å². The van der Waals surface area contributed by atoms with Gasteiger partial charge in [0, 0.05) is 12.1 Å². The van der Waals surface area contributed by atoms with Crippen molar-refractivity contribution in [2.24, 2.45) is 5.90 Å². The molecule has 70 valence electrons. The first-order valence-corrected chi connectivity index (χ1v) is 4.93. The Morgan fingerprint density at radius 2 is 2.38 bits per heavy atom. The van der Waals surface area contributed by atoms with Crippen LogP contribution in [0.3, 0.4) is 0 Å². The van der Waals surface area contributed by atoms with Crippen molar-refractivity contribution in [1.82, 2.24) is 9.97 Å². The first kappa shape index (κ1) is 9.05. The zero-order valence-corrected chi connectivity index (χ0v) is 8.62. The third kappa shape index (κ3) is 2.04. The molecule has 0 spiro atoms. The second-order valence-corrected chi connectivity index (χ2v) is 3.96. The maximum absolute atomic E-state index is 4.99. The second-order valence-electron chi connectivity index (χ2n) is 3.11. The summed E-state index contributed by atoms with van der Waals surface area (Å²) < 4.78 is 0.849. The minimum Gasteiger partial charge on any atom is -0.298 e. The fraction of sp³-hybridized carbons (Fsp3) is 0.500. The van der Waals surface area contributed by atoms with Crippen molar-refractivity contribution in [3.8, 4) is 0 Å². The van der Waals surface area contributed by atoms with E-state index in [4.69, 9.17) is 5.90 Å². The van der Waals surface area contributed by atoms with Gasteiger partial charge in [0.15, 0.2) is 0 Å². The summed E-state index contributed by atoms with van der Waals surface area (Å²) >= 11 is 3.34. The number of nitrogens with zero attached hydrogens (tertiary/aromatic N) is 2. The number of halogens is 1. The first-order valence-electron chi connectivity index (χ1n) is 4.14. The number of rotatable bonds is 3. The predicted molar refractivity (Wildman–Crippen MR) is 50.7 cm³/mol. The van der Waals surface area contributed by atoms with Crippen LogP contribution in [0.2, 0.25) is 0 Å². The highest BCUT2D eigenvalue weighted by molar-refractivity contribution is 9.10. The summed E-state index contributed by atoms with van der Waals surface area (Å²) in [4.78, 5) is 13.1. The van der Waals surface area contributed by atoms with Crippen LogP contribution in [0, 0.1) is 0 Å². The lowest BCUT2D eigenvalue weighted by Gasteiger charge is -2.03. The van der Waals surface area contributed by atoms with Crippen LogP contribution in [0.5, 0.6) is 0 Å². The Labute approximate surface area is 84.6 Å². The Balaban J connectivity index is 2.25. The van der Waals surface area contributed by atoms with Crippen LogP contribution < -0.4 is 5.90 Å². The molecular formula is C8H10BrN3O. The van der Waals surface area contributed by atoms with E-state index in [0.29, 0.717) is 12.5 Å². The molecule has 1 fully saturated rings.